The zero-order valence-corrected chi connectivity index (χ0v) is 8.10. The zero-order chi connectivity index (χ0) is 11.3. The lowest BCUT2D eigenvalue weighted by Gasteiger charge is -1.99. The van der Waals surface area contributed by atoms with Crippen LogP contribution in [0.5, 0.6) is 0 Å². The van der Waals surface area contributed by atoms with Gasteiger partial charge in [-0.3, -0.25) is 9.20 Å². The van der Waals surface area contributed by atoms with Gasteiger partial charge in [-0.05, 0) is 6.07 Å². The number of carboxylic acids is 1. The minimum atomic E-state index is -1.10. The summed E-state index contributed by atoms with van der Waals surface area (Å²) >= 11 is 0. The number of nitrogens with zero attached hydrogens (tertiary/aromatic N) is 2. The first-order valence-electron chi connectivity index (χ1n) is 4.69. The molecule has 0 unspecified atom stereocenters. The van der Waals surface area contributed by atoms with Gasteiger partial charge < -0.3 is 10.4 Å². The molecular weight excluding hydrogens is 210 g/mol. The molecule has 3 rings (SSSR count). The number of fused-ring (bicyclic) bond motifs is 3. The fourth-order valence-electron chi connectivity index (χ4n) is 1.86. The Balaban J connectivity index is 2.36. The maximum Gasteiger partial charge on any atom is 0.356 e. The van der Waals surface area contributed by atoms with Gasteiger partial charge in [0.05, 0.1) is 0 Å². The van der Waals surface area contributed by atoms with Gasteiger partial charge in [0.1, 0.15) is 11.3 Å². The molecule has 3 heterocycles. The highest BCUT2D eigenvalue weighted by Gasteiger charge is 2.23. The molecule has 2 aromatic rings. The van der Waals surface area contributed by atoms with E-state index < -0.39 is 5.97 Å². The minimum absolute atomic E-state index is 0.0619. The molecule has 1 aliphatic heterocycles. The Labute approximate surface area is 89.5 Å². The Morgan fingerprint density at radius 1 is 1.50 bits per heavy atom. The van der Waals surface area contributed by atoms with Crippen LogP contribution in [-0.4, -0.2) is 26.4 Å². The van der Waals surface area contributed by atoms with E-state index in [0.717, 1.165) is 5.56 Å². The Morgan fingerprint density at radius 3 is 3.06 bits per heavy atom. The fourth-order valence-corrected chi connectivity index (χ4v) is 1.86. The van der Waals surface area contributed by atoms with Gasteiger partial charge in [-0.2, -0.15) is 0 Å². The Morgan fingerprint density at radius 2 is 2.31 bits per heavy atom. The van der Waals surface area contributed by atoms with Crippen molar-refractivity contribution in [3.05, 3.63) is 35.3 Å². The van der Waals surface area contributed by atoms with E-state index in [1.165, 1.54) is 10.6 Å². The Hall–Kier alpha value is -2.37. The molecule has 0 saturated heterocycles. The lowest BCUT2D eigenvalue weighted by atomic mass is 10.2. The molecule has 0 aliphatic carbocycles. The first kappa shape index (κ1) is 8.90. The van der Waals surface area contributed by atoms with Crippen molar-refractivity contribution >= 4 is 17.5 Å². The van der Waals surface area contributed by atoms with Crippen LogP contribution in [0.3, 0.4) is 0 Å². The van der Waals surface area contributed by atoms with E-state index in [2.05, 4.69) is 10.3 Å². The predicted molar refractivity (Wildman–Crippen MR) is 53.3 cm³/mol. The summed E-state index contributed by atoms with van der Waals surface area (Å²) in [6.07, 6.45) is 1.36. The van der Waals surface area contributed by atoms with Crippen LogP contribution in [0.1, 0.15) is 26.5 Å². The second-order valence-corrected chi connectivity index (χ2v) is 3.55. The van der Waals surface area contributed by atoms with Gasteiger partial charge in [-0.15, -0.1) is 0 Å². The van der Waals surface area contributed by atoms with Crippen LogP contribution in [0, 0.1) is 0 Å². The standard InChI is InChI=1S/C10H7N3O3/c14-9-8-5(3-11-9)1-2-7-12-6(10(15)16)4-13(7)8/h1-2,4H,3H2,(H,11,14)(H,15,16). The van der Waals surface area contributed by atoms with Gasteiger partial charge in [-0.25, -0.2) is 9.78 Å². The third-order valence-electron chi connectivity index (χ3n) is 2.59. The molecule has 2 N–H and O–H groups in total. The Kier molecular flexibility index (Phi) is 1.57. The van der Waals surface area contributed by atoms with Gasteiger partial charge in [-0.1, -0.05) is 6.07 Å². The summed E-state index contributed by atoms with van der Waals surface area (Å²) in [6.45, 7) is 0.477. The second kappa shape index (κ2) is 2.82. The molecule has 1 aliphatic rings. The van der Waals surface area contributed by atoms with E-state index in [1.807, 2.05) is 0 Å². The molecule has 0 bridgehead atoms. The third kappa shape index (κ3) is 1.04. The first-order chi connectivity index (χ1) is 7.66. The van der Waals surface area contributed by atoms with Gasteiger partial charge in [0, 0.05) is 18.3 Å². The van der Waals surface area contributed by atoms with Crippen molar-refractivity contribution in [3.8, 4) is 0 Å². The van der Waals surface area contributed by atoms with Crippen molar-refractivity contribution in [2.24, 2.45) is 0 Å². The molecule has 2 aromatic heterocycles. The summed E-state index contributed by atoms with van der Waals surface area (Å²) in [5, 5.41) is 11.5. The van der Waals surface area contributed by atoms with Crippen LogP contribution in [0.15, 0.2) is 18.3 Å². The van der Waals surface area contributed by atoms with E-state index in [4.69, 9.17) is 5.11 Å². The summed E-state index contributed by atoms with van der Waals surface area (Å²) in [5.74, 6) is -1.30. The fraction of sp³-hybridized carbons (Fsp3) is 0.100. The van der Waals surface area contributed by atoms with Gasteiger partial charge in [0.25, 0.3) is 5.91 Å². The van der Waals surface area contributed by atoms with E-state index >= 15 is 0 Å². The van der Waals surface area contributed by atoms with E-state index in [0.29, 0.717) is 17.9 Å². The first-order valence-corrected chi connectivity index (χ1v) is 4.69. The van der Waals surface area contributed by atoms with Crippen LogP contribution in [0.25, 0.3) is 5.65 Å². The van der Waals surface area contributed by atoms with Crippen LogP contribution in [-0.2, 0) is 6.54 Å². The summed E-state index contributed by atoms with van der Waals surface area (Å²) in [6, 6.07) is 3.48. The monoisotopic (exact) mass is 217 g/mol. The predicted octanol–water partition coefficient (Wildman–Crippen LogP) is 0.276. The number of nitrogens with one attached hydrogen (secondary N) is 1. The maximum atomic E-state index is 11.6. The van der Waals surface area contributed by atoms with Crippen LogP contribution in [0.2, 0.25) is 0 Å². The van der Waals surface area contributed by atoms with Crippen molar-refractivity contribution < 1.29 is 14.7 Å². The van der Waals surface area contributed by atoms with E-state index in [9.17, 15) is 9.59 Å². The highest BCUT2D eigenvalue weighted by atomic mass is 16.4. The Bertz CT molecular complexity index is 630. The maximum absolute atomic E-state index is 11.6. The summed E-state index contributed by atoms with van der Waals surface area (Å²) < 4.78 is 1.52. The molecule has 0 saturated carbocycles. The minimum Gasteiger partial charge on any atom is -0.476 e. The number of aromatic carboxylic acids is 1. The van der Waals surface area contributed by atoms with E-state index in [-0.39, 0.29) is 11.6 Å². The van der Waals surface area contributed by atoms with Crippen LogP contribution < -0.4 is 5.32 Å². The molecule has 80 valence electrons. The summed E-state index contributed by atoms with van der Waals surface area (Å²) in [7, 11) is 0. The quantitative estimate of drug-likeness (QED) is 0.718. The molecule has 0 fully saturated rings. The highest BCUT2D eigenvalue weighted by Crippen LogP contribution is 2.18. The van der Waals surface area contributed by atoms with E-state index in [1.54, 1.807) is 12.1 Å². The number of aromatic nitrogens is 2. The number of pyridine rings is 1. The molecule has 16 heavy (non-hydrogen) atoms. The van der Waals surface area contributed by atoms with Crippen molar-refractivity contribution in [1.82, 2.24) is 14.7 Å². The topological polar surface area (TPSA) is 83.7 Å². The summed E-state index contributed by atoms with van der Waals surface area (Å²) in [5.41, 5.74) is 1.73. The molecule has 0 aromatic carbocycles. The zero-order valence-electron chi connectivity index (χ0n) is 8.10. The molecule has 0 atom stereocenters. The van der Waals surface area contributed by atoms with Gasteiger partial charge in [0.2, 0.25) is 0 Å². The third-order valence-corrected chi connectivity index (χ3v) is 2.59. The largest absolute Gasteiger partial charge is 0.476 e. The number of hydrogen-bond donors (Lipinski definition) is 2. The summed E-state index contributed by atoms with van der Waals surface area (Å²) in [4.78, 5) is 26.2. The molecular formula is C10H7N3O3. The van der Waals surface area contributed by atoms with Gasteiger partial charge >= 0.3 is 5.97 Å². The van der Waals surface area contributed by atoms with Crippen molar-refractivity contribution in [1.29, 1.82) is 0 Å². The smallest absolute Gasteiger partial charge is 0.356 e. The molecule has 6 heteroatoms. The number of hydrogen-bond acceptors (Lipinski definition) is 3. The highest BCUT2D eigenvalue weighted by molar-refractivity contribution is 5.97. The number of imidazole rings is 1. The molecule has 0 radical (unpaired) electrons. The van der Waals surface area contributed by atoms with Gasteiger partial charge in [0.15, 0.2) is 5.69 Å². The van der Waals surface area contributed by atoms with Crippen molar-refractivity contribution in [2.45, 2.75) is 6.54 Å². The molecule has 6 nitrogen and oxygen atoms in total. The van der Waals surface area contributed by atoms with Crippen molar-refractivity contribution in [3.63, 3.8) is 0 Å². The average Bonchev–Trinajstić information content (AvgIpc) is 2.81. The number of rotatable bonds is 1. The lowest BCUT2D eigenvalue weighted by molar-refractivity contribution is 0.0690. The number of carbonyl (C=O) groups is 2. The SMILES string of the molecule is O=C(O)c1cn2c3c(ccc2n1)CNC3=O. The normalized spacial score (nSPS) is 13.9. The number of carboxylic acid groups (broad SMARTS) is 1. The average molecular weight is 217 g/mol. The van der Waals surface area contributed by atoms with Crippen molar-refractivity contribution in [2.75, 3.05) is 0 Å². The number of amides is 1. The molecule has 0 spiro atoms. The lowest BCUT2D eigenvalue weighted by Crippen LogP contribution is -2.14. The van der Waals surface area contributed by atoms with Crippen LogP contribution in [0.4, 0.5) is 0 Å². The second-order valence-electron chi connectivity index (χ2n) is 3.55. The molecule has 1 amide bonds. The van der Waals surface area contributed by atoms with Crippen LogP contribution >= 0.6 is 0 Å². The number of carbonyl (C=O) groups excluding carboxylic acids is 1.